The van der Waals surface area contributed by atoms with Crippen LogP contribution in [-0.2, 0) is 14.8 Å². The van der Waals surface area contributed by atoms with E-state index in [1.807, 2.05) is 6.92 Å². The van der Waals surface area contributed by atoms with Crippen molar-refractivity contribution >= 4 is 38.9 Å². The second kappa shape index (κ2) is 9.79. The maximum absolute atomic E-state index is 13.4. The van der Waals surface area contributed by atoms with Crippen molar-refractivity contribution in [1.29, 1.82) is 0 Å². The van der Waals surface area contributed by atoms with Gasteiger partial charge in [0.2, 0.25) is 10.0 Å². The Labute approximate surface area is 194 Å². The highest BCUT2D eigenvalue weighted by molar-refractivity contribution is 7.89. The van der Waals surface area contributed by atoms with Gasteiger partial charge in [0.15, 0.2) is 0 Å². The van der Waals surface area contributed by atoms with Crippen molar-refractivity contribution < 1.29 is 17.9 Å². The zero-order valence-electron chi connectivity index (χ0n) is 18.1. The van der Waals surface area contributed by atoms with Gasteiger partial charge in [-0.1, -0.05) is 11.6 Å². The molecule has 2 heterocycles. The zero-order valence-corrected chi connectivity index (χ0v) is 19.7. The molecule has 0 saturated carbocycles. The van der Waals surface area contributed by atoms with E-state index >= 15 is 0 Å². The number of nitrogens with zero attached hydrogens (tertiary/aromatic N) is 2. The summed E-state index contributed by atoms with van der Waals surface area (Å²) in [7, 11) is -3.71. The van der Waals surface area contributed by atoms with Crippen LogP contribution in [0.2, 0.25) is 5.02 Å². The molecular weight excluding hydrogens is 450 g/mol. The van der Waals surface area contributed by atoms with E-state index in [9.17, 15) is 13.2 Å². The standard InChI is InChI=1S/C23H28ClN3O4S/c1-17-15-18(24)5-7-21(17)25-23(28)20-16-19(32(29,30)27-11-13-31-14-12-27)6-8-22(20)26-9-3-2-4-10-26/h5-8,15-16H,2-4,9-14H2,1H3,(H,25,28). The number of sulfonamides is 1. The minimum Gasteiger partial charge on any atom is -0.379 e. The molecule has 0 radical (unpaired) electrons. The number of aryl methyl sites for hydroxylation is 1. The predicted octanol–water partition coefficient (Wildman–Crippen LogP) is 3.91. The topological polar surface area (TPSA) is 79.0 Å². The number of carbonyl (C=O) groups excluding carboxylic acids is 1. The lowest BCUT2D eigenvalue weighted by Crippen LogP contribution is -2.40. The van der Waals surface area contributed by atoms with E-state index in [1.54, 1.807) is 30.3 Å². The summed E-state index contributed by atoms with van der Waals surface area (Å²) in [6.07, 6.45) is 3.25. The number of carbonyl (C=O) groups is 1. The van der Waals surface area contributed by atoms with Crippen LogP contribution in [0.25, 0.3) is 0 Å². The predicted molar refractivity (Wildman–Crippen MR) is 126 cm³/mol. The smallest absolute Gasteiger partial charge is 0.257 e. The highest BCUT2D eigenvalue weighted by atomic mass is 35.5. The number of amides is 1. The molecule has 0 aromatic heterocycles. The van der Waals surface area contributed by atoms with Crippen molar-refractivity contribution in [2.24, 2.45) is 0 Å². The van der Waals surface area contributed by atoms with E-state index in [0.717, 1.165) is 43.6 Å². The van der Waals surface area contributed by atoms with Crippen LogP contribution < -0.4 is 10.2 Å². The molecule has 2 fully saturated rings. The Bertz CT molecular complexity index is 1090. The molecule has 0 atom stereocenters. The van der Waals surface area contributed by atoms with Crippen molar-refractivity contribution in [3.05, 3.63) is 52.5 Å². The lowest BCUT2D eigenvalue weighted by Gasteiger charge is -2.31. The number of hydrogen-bond donors (Lipinski definition) is 1. The van der Waals surface area contributed by atoms with Gasteiger partial charge in [0.25, 0.3) is 5.91 Å². The quantitative estimate of drug-likeness (QED) is 0.706. The summed E-state index contributed by atoms with van der Waals surface area (Å²) >= 11 is 6.04. The van der Waals surface area contributed by atoms with Gasteiger partial charge in [0, 0.05) is 42.6 Å². The fourth-order valence-electron chi connectivity index (χ4n) is 4.16. The Kier molecular flexibility index (Phi) is 7.05. The van der Waals surface area contributed by atoms with E-state index < -0.39 is 10.0 Å². The number of morpholine rings is 1. The van der Waals surface area contributed by atoms with Crippen molar-refractivity contribution in [1.82, 2.24) is 4.31 Å². The molecule has 1 amide bonds. The first-order valence-corrected chi connectivity index (χ1v) is 12.7. The van der Waals surface area contributed by atoms with E-state index in [-0.39, 0.29) is 10.8 Å². The summed E-state index contributed by atoms with van der Waals surface area (Å²) in [5, 5.41) is 3.53. The molecule has 2 aromatic carbocycles. The zero-order chi connectivity index (χ0) is 22.7. The Morgan fingerprint density at radius 1 is 1.00 bits per heavy atom. The molecular formula is C23H28ClN3O4S. The van der Waals surface area contributed by atoms with Crippen LogP contribution >= 0.6 is 11.6 Å². The van der Waals surface area contributed by atoms with Crippen LogP contribution in [0.4, 0.5) is 11.4 Å². The molecule has 7 nitrogen and oxygen atoms in total. The summed E-state index contributed by atoms with van der Waals surface area (Å²) in [5.41, 5.74) is 2.60. The van der Waals surface area contributed by atoms with Crippen LogP contribution in [0.15, 0.2) is 41.3 Å². The molecule has 4 rings (SSSR count). The van der Waals surface area contributed by atoms with Gasteiger partial charge in [-0.3, -0.25) is 4.79 Å². The Morgan fingerprint density at radius 3 is 2.41 bits per heavy atom. The van der Waals surface area contributed by atoms with E-state index in [0.29, 0.717) is 42.6 Å². The normalized spacial score (nSPS) is 17.9. The molecule has 2 aliphatic heterocycles. The minimum absolute atomic E-state index is 0.123. The van der Waals surface area contributed by atoms with Crippen LogP contribution in [0.1, 0.15) is 35.2 Å². The van der Waals surface area contributed by atoms with Crippen molar-refractivity contribution in [3.63, 3.8) is 0 Å². The molecule has 1 N–H and O–H groups in total. The number of piperidine rings is 1. The summed E-state index contributed by atoms with van der Waals surface area (Å²) in [4.78, 5) is 15.7. The highest BCUT2D eigenvalue weighted by Gasteiger charge is 2.29. The van der Waals surface area contributed by atoms with Crippen LogP contribution in [0.3, 0.4) is 0 Å². The molecule has 2 saturated heterocycles. The van der Waals surface area contributed by atoms with E-state index in [1.165, 1.54) is 10.4 Å². The summed E-state index contributed by atoms with van der Waals surface area (Å²) in [5.74, 6) is -0.338. The van der Waals surface area contributed by atoms with Crippen molar-refractivity contribution in [2.45, 2.75) is 31.1 Å². The first-order chi connectivity index (χ1) is 15.4. The third-order valence-electron chi connectivity index (χ3n) is 5.95. The molecule has 0 aliphatic carbocycles. The van der Waals surface area contributed by atoms with Gasteiger partial charge in [0.1, 0.15) is 0 Å². The van der Waals surface area contributed by atoms with Crippen molar-refractivity contribution in [2.75, 3.05) is 49.6 Å². The van der Waals surface area contributed by atoms with E-state index in [2.05, 4.69) is 10.2 Å². The maximum atomic E-state index is 13.4. The average molecular weight is 478 g/mol. The number of benzene rings is 2. The lowest BCUT2D eigenvalue weighted by molar-refractivity contribution is 0.0730. The van der Waals surface area contributed by atoms with Gasteiger partial charge in [-0.05, 0) is 68.1 Å². The van der Waals surface area contributed by atoms with Gasteiger partial charge in [-0.2, -0.15) is 4.31 Å². The number of nitrogens with one attached hydrogen (secondary N) is 1. The summed E-state index contributed by atoms with van der Waals surface area (Å²) in [6.45, 7) is 4.91. The molecule has 0 unspecified atom stereocenters. The highest BCUT2D eigenvalue weighted by Crippen LogP contribution is 2.30. The third kappa shape index (κ3) is 4.93. The number of hydrogen-bond acceptors (Lipinski definition) is 5. The number of rotatable bonds is 5. The number of anilines is 2. The number of ether oxygens (including phenoxy) is 1. The van der Waals surface area contributed by atoms with Gasteiger partial charge >= 0.3 is 0 Å². The molecule has 9 heteroatoms. The summed E-state index contributed by atoms with van der Waals surface area (Å²) in [6, 6.07) is 10.1. The van der Waals surface area contributed by atoms with Gasteiger partial charge in [-0.25, -0.2) is 8.42 Å². The first kappa shape index (κ1) is 23.0. The molecule has 2 aromatic rings. The van der Waals surface area contributed by atoms with Gasteiger partial charge < -0.3 is 15.0 Å². The molecule has 2 aliphatic rings. The lowest BCUT2D eigenvalue weighted by atomic mass is 10.1. The number of halogens is 1. The van der Waals surface area contributed by atoms with E-state index in [4.69, 9.17) is 16.3 Å². The third-order valence-corrected chi connectivity index (χ3v) is 8.08. The largest absolute Gasteiger partial charge is 0.379 e. The maximum Gasteiger partial charge on any atom is 0.257 e. The van der Waals surface area contributed by atoms with Crippen LogP contribution in [-0.4, -0.2) is 58.0 Å². The fraction of sp³-hybridized carbons (Fsp3) is 0.435. The molecule has 0 bridgehead atoms. The summed E-state index contributed by atoms with van der Waals surface area (Å²) < 4.78 is 33.1. The monoisotopic (exact) mass is 477 g/mol. The Balaban J connectivity index is 1.71. The average Bonchev–Trinajstić information content (AvgIpc) is 2.81. The minimum atomic E-state index is -3.71. The van der Waals surface area contributed by atoms with Crippen LogP contribution in [0.5, 0.6) is 0 Å². The van der Waals surface area contributed by atoms with Gasteiger partial charge in [-0.15, -0.1) is 0 Å². The Morgan fingerprint density at radius 2 is 1.72 bits per heavy atom. The molecule has 32 heavy (non-hydrogen) atoms. The second-order valence-electron chi connectivity index (χ2n) is 8.16. The van der Waals surface area contributed by atoms with Crippen LogP contribution in [0, 0.1) is 6.92 Å². The molecule has 172 valence electrons. The Hall–Kier alpha value is -2.13. The SMILES string of the molecule is Cc1cc(Cl)ccc1NC(=O)c1cc(S(=O)(=O)N2CCOCC2)ccc1N1CCCCC1. The second-order valence-corrected chi connectivity index (χ2v) is 10.5. The molecule has 0 spiro atoms. The van der Waals surface area contributed by atoms with Crippen molar-refractivity contribution in [3.8, 4) is 0 Å². The fourth-order valence-corrected chi connectivity index (χ4v) is 5.82. The first-order valence-electron chi connectivity index (χ1n) is 10.9. The van der Waals surface area contributed by atoms with Gasteiger partial charge in [0.05, 0.1) is 23.7 Å².